The summed E-state index contributed by atoms with van der Waals surface area (Å²) in [4.78, 5) is 26.7. The Labute approximate surface area is 205 Å². The topological polar surface area (TPSA) is 87.1 Å². The average molecular weight is 476 g/mol. The normalized spacial score (nSPS) is 31.4. The SMILES string of the molecule is CCC(C)C(=O)O[C@H]1C[C@@H](C)C=C2C=C[C@H](C)[C@H](CC[C@H](O)C[C@@H](O)CC(=O)N3CCCC3)[C@H]21. The summed E-state index contributed by atoms with van der Waals surface area (Å²) >= 11 is 0. The number of nitrogens with zero attached hydrogens (tertiary/aromatic N) is 1. The van der Waals surface area contributed by atoms with Gasteiger partial charge in [0.05, 0.1) is 24.5 Å². The zero-order valence-electron chi connectivity index (χ0n) is 21.5. The van der Waals surface area contributed by atoms with Gasteiger partial charge in [0.25, 0.3) is 0 Å². The van der Waals surface area contributed by atoms with Gasteiger partial charge in [-0.1, -0.05) is 45.9 Å². The van der Waals surface area contributed by atoms with Gasteiger partial charge in [0.15, 0.2) is 0 Å². The van der Waals surface area contributed by atoms with Crippen molar-refractivity contribution in [1.29, 1.82) is 0 Å². The Hall–Kier alpha value is -1.66. The molecule has 2 aliphatic carbocycles. The lowest BCUT2D eigenvalue weighted by molar-refractivity contribution is -0.158. The summed E-state index contributed by atoms with van der Waals surface area (Å²) in [6, 6.07) is 0. The highest BCUT2D eigenvalue weighted by atomic mass is 16.5. The highest BCUT2D eigenvalue weighted by Gasteiger charge is 2.41. The Morgan fingerprint density at radius 2 is 1.88 bits per heavy atom. The maximum atomic E-state index is 12.6. The highest BCUT2D eigenvalue weighted by Crippen LogP contribution is 2.45. The van der Waals surface area contributed by atoms with E-state index in [0.29, 0.717) is 18.3 Å². The largest absolute Gasteiger partial charge is 0.461 e. The molecule has 3 rings (SSSR count). The zero-order valence-corrected chi connectivity index (χ0v) is 21.5. The van der Waals surface area contributed by atoms with E-state index in [0.717, 1.165) is 45.2 Å². The zero-order chi connectivity index (χ0) is 24.8. The fourth-order valence-corrected chi connectivity index (χ4v) is 5.85. The fourth-order valence-electron chi connectivity index (χ4n) is 5.85. The number of likely N-dealkylation sites (tertiary alicyclic amines) is 1. The van der Waals surface area contributed by atoms with E-state index < -0.39 is 12.2 Å². The molecule has 0 spiro atoms. The van der Waals surface area contributed by atoms with Crippen molar-refractivity contribution in [2.24, 2.45) is 29.6 Å². The quantitative estimate of drug-likeness (QED) is 0.461. The standard InChI is InChI=1S/C28H45NO5/c1-5-19(3)28(33)34-25-15-18(2)14-21-9-8-20(4)24(27(21)25)11-10-22(30)16-23(31)17-26(32)29-12-6-7-13-29/h8-9,14,18-20,22-25,27,30-31H,5-7,10-13,15-17H2,1-4H3/t18-,19?,20-,22-,23+,24-,25-,27-/m0/s1. The van der Waals surface area contributed by atoms with Crippen molar-refractivity contribution in [3.63, 3.8) is 0 Å². The maximum absolute atomic E-state index is 12.6. The molecule has 1 amide bonds. The minimum Gasteiger partial charge on any atom is -0.461 e. The van der Waals surface area contributed by atoms with Gasteiger partial charge in [0.2, 0.25) is 5.91 Å². The van der Waals surface area contributed by atoms with Crippen LogP contribution in [0.25, 0.3) is 0 Å². The number of amides is 1. The number of aliphatic hydroxyl groups is 2. The van der Waals surface area contributed by atoms with Crippen molar-refractivity contribution in [2.75, 3.05) is 13.1 Å². The van der Waals surface area contributed by atoms with Crippen LogP contribution in [0.15, 0.2) is 23.8 Å². The minimum atomic E-state index is -0.818. The predicted octanol–water partition coefficient (Wildman–Crippen LogP) is 4.25. The van der Waals surface area contributed by atoms with Crippen molar-refractivity contribution < 1.29 is 24.5 Å². The number of carbonyl (C=O) groups is 2. The molecule has 1 unspecified atom stereocenters. The second-order valence-electron chi connectivity index (χ2n) is 11.0. The molecule has 1 aliphatic heterocycles. The number of rotatable bonds is 10. The van der Waals surface area contributed by atoms with E-state index in [1.54, 1.807) is 0 Å². The van der Waals surface area contributed by atoms with Gasteiger partial charge >= 0.3 is 5.97 Å². The lowest BCUT2D eigenvalue weighted by atomic mass is 9.65. The van der Waals surface area contributed by atoms with Crippen LogP contribution < -0.4 is 0 Å². The number of ether oxygens (including phenoxy) is 1. The molecule has 0 radical (unpaired) electrons. The Kier molecular flexibility index (Phi) is 9.78. The highest BCUT2D eigenvalue weighted by molar-refractivity contribution is 5.76. The van der Waals surface area contributed by atoms with Crippen molar-refractivity contribution in [3.05, 3.63) is 23.8 Å². The van der Waals surface area contributed by atoms with Crippen LogP contribution in [0.5, 0.6) is 0 Å². The number of esters is 1. The van der Waals surface area contributed by atoms with Gasteiger partial charge in [-0.05, 0) is 68.3 Å². The third-order valence-corrected chi connectivity index (χ3v) is 8.12. The fraction of sp³-hybridized carbons (Fsp3) is 0.786. The molecular weight excluding hydrogens is 430 g/mol. The molecule has 0 saturated carbocycles. The first-order valence-corrected chi connectivity index (χ1v) is 13.4. The number of hydrogen-bond donors (Lipinski definition) is 2. The maximum Gasteiger partial charge on any atom is 0.308 e. The molecule has 6 heteroatoms. The Bertz CT molecular complexity index is 756. The van der Waals surface area contributed by atoms with Gasteiger partial charge in [-0.15, -0.1) is 0 Å². The number of aliphatic hydroxyl groups excluding tert-OH is 2. The van der Waals surface area contributed by atoms with Crippen LogP contribution in [-0.2, 0) is 14.3 Å². The molecule has 1 fully saturated rings. The summed E-state index contributed by atoms with van der Waals surface area (Å²) in [5.74, 6) is 0.830. The van der Waals surface area contributed by atoms with Crippen LogP contribution in [0.4, 0.5) is 0 Å². The molecule has 192 valence electrons. The molecule has 0 aromatic rings. The minimum absolute atomic E-state index is 0.0136. The summed E-state index contributed by atoms with van der Waals surface area (Å²) in [6.45, 7) is 9.84. The summed E-state index contributed by atoms with van der Waals surface area (Å²) in [7, 11) is 0. The summed E-state index contributed by atoms with van der Waals surface area (Å²) < 4.78 is 6.07. The lowest BCUT2D eigenvalue weighted by Crippen LogP contribution is -2.41. The first kappa shape index (κ1) is 26.9. The molecule has 0 bridgehead atoms. The summed E-state index contributed by atoms with van der Waals surface area (Å²) in [5.41, 5.74) is 1.24. The van der Waals surface area contributed by atoms with Crippen LogP contribution in [-0.4, -0.2) is 58.4 Å². The molecular formula is C28H45NO5. The second kappa shape index (κ2) is 12.3. The van der Waals surface area contributed by atoms with E-state index in [1.165, 1.54) is 5.57 Å². The summed E-state index contributed by atoms with van der Waals surface area (Å²) in [6.07, 6.45) is 10.4. The number of hydrogen-bond acceptors (Lipinski definition) is 5. The molecule has 1 saturated heterocycles. The van der Waals surface area contributed by atoms with E-state index >= 15 is 0 Å². The molecule has 8 atom stereocenters. The van der Waals surface area contributed by atoms with Crippen LogP contribution in [0.2, 0.25) is 0 Å². The van der Waals surface area contributed by atoms with Gasteiger partial charge in [-0.2, -0.15) is 0 Å². The van der Waals surface area contributed by atoms with Crippen LogP contribution in [0.1, 0.15) is 79.1 Å². The van der Waals surface area contributed by atoms with Crippen molar-refractivity contribution >= 4 is 11.9 Å². The van der Waals surface area contributed by atoms with Crippen LogP contribution in [0, 0.1) is 29.6 Å². The van der Waals surface area contributed by atoms with Gasteiger partial charge in [-0.3, -0.25) is 9.59 Å². The molecule has 1 heterocycles. The lowest BCUT2D eigenvalue weighted by Gasteiger charge is -2.43. The molecule has 0 aromatic carbocycles. The molecule has 3 aliphatic rings. The van der Waals surface area contributed by atoms with E-state index in [2.05, 4.69) is 32.1 Å². The Balaban J connectivity index is 1.59. The molecule has 0 aromatic heterocycles. The smallest absolute Gasteiger partial charge is 0.308 e. The van der Waals surface area contributed by atoms with Crippen LogP contribution in [0.3, 0.4) is 0 Å². The second-order valence-corrected chi connectivity index (χ2v) is 11.0. The van der Waals surface area contributed by atoms with Crippen LogP contribution >= 0.6 is 0 Å². The first-order chi connectivity index (χ1) is 16.2. The Morgan fingerprint density at radius 3 is 2.56 bits per heavy atom. The van der Waals surface area contributed by atoms with Gasteiger partial charge in [-0.25, -0.2) is 0 Å². The molecule has 34 heavy (non-hydrogen) atoms. The number of fused-ring (bicyclic) bond motifs is 1. The third kappa shape index (κ3) is 6.94. The van der Waals surface area contributed by atoms with E-state index in [4.69, 9.17) is 4.74 Å². The average Bonchev–Trinajstić information content (AvgIpc) is 3.33. The monoisotopic (exact) mass is 475 g/mol. The molecule has 2 N–H and O–H groups in total. The Morgan fingerprint density at radius 1 is 1.18 bits per heavy atom. The first-order valence-electron chi connectivity index (χ1n) is 13.4. The van der Waals surface area contributed by atoms with Crippen molar-refractivity contribution in [2.45, 2.75) is 97.4 Å². The van der Waals surface area contributed by atoms with E-state index in [1.807, 2.05) is 18.7 Å². The molecule has 6 nitrogen and oxygen atoms in total. The van der Waals surface area contributed by atoms with Gasteiger partial charge in [0.1, 0.15) is 6.10 Å². The number of carbonyl (C=O) groups excluding carboxylic acids is 2. The van der Waals surface area contributed by atoms with Crippen molar-refractivity contribution in [3.8, 4) is 0 Å². The predicted molar refractivity (Wildman–Crippen MR) is 133 cm³/mol. The van der Waals surface area contributed by atoms with Gasteiger partial charge < -0.3 is 19.8 Å². The summed E-state index contributed by atoms with van der Waals surface area (Å²) in [5, 5.41) is 21.1. The van der Waals surface area contributed by atoms with E-state index in [9.17, 15) is 19.8 Å². The van der Waals surface area contributed by atoms with Crippen molar-refractivity contribution in [1.82, 2.24) is 4.90 Å². The van der Waals surface area contributed by atoms with E-state index in [-0.39, 0.29) is 48.6 Å². The number of allylic oxidation sites excluding steroid dienone is 3. The van der Waals surface area contributed by atoms with Gasteiger partial charge in [0, 0.05) is 19.0 Å². The third-order valence-electron chi connectivity index (χ3n) is 8.12.